The molecule has 0 rings (SSSR count). The summed E-state index contributed by atoms with van der Waals surface area (Å²) >= 11 is 0. The molecule has 0 radical (unpaired) electrons. The first kappa shape index (κ1) is 58.8. The summed E-state index contributed by atoms with van der Waals surface area (Å²) in [4.78, 5) is 26.2. The number of carbonyl (C=O) groups excluding carboxylic acids is 2. The van der Waals surface area contributed by atoms with Gasteiger partial charge in [-0.15, -0.1) is 0 Å². The smallest absolute Gasteiger partial charge is 0.306 e. The Balaban J connectivity index is 4.61. The molecule has 3 atom stereocenters. The van der Waals surface area contributed by atoms with E-state index in [2.05, 4.69) is 74.7 Å². The SMILES string of the molecule is CC/C=C/C/C=C/C/C=C/C/C=C/CCCCCC(=O)OC(CCCCCCCCCCCCCCCC)CC(=O)NC(CO)C(O)CCCCCCCCCCCCCC. The number of nitrogens with one attached hydrogen (secondary N) is 1. The van der Waals surface area contributed by atoms with Crippen molar-refractivity contribution in [3.05, 3.63) is 48.6 Å². The van der Waals surface area contributed by atoms with Gasteiger partial charge < -0.3 is 20.3 Å². The summed E-state index contributed by atoms with van der Waals surface area (Å²) in [5, 5.41) is 23.8. The van der Waals surface area contributed by atoms with Gasteiger partial charge in [-0.2, -0.15) is 0 Å². The minimum Gasteiger partial charge on any atom is -0.462 e. The number of hydrogen-bond donors (Lipinski definition) is 3. The average molecular weight is 856 g/mol. The van der Waals surface area contributed by atoms with Crippen molar-refractivity contribution in [2.45, 2.75) is 283 Å². The number of hydrogen-bond acceptors (Lipinski definition) is 5. The summed E-state index contributed by atoms with van der Waals surface area (Å²) < 4.78 is 5.93. The van der Waals surface area contributed by atoms with Gasteiger partial charge in [-0.3, -0.25) is 9.59 Å². The lowest BCUT2D eigenvalue weighted by Gasteiger charge is -2.24. The third-order valence-electron chi connectivity index (χ3n) is 11.9. The molecular formula is C55H101NO5. The van der Waals surface area contributed by atoms with Crippen molar-refractivity contribution < 1.29 is 24.5 Å². The molecule has 1 amide bonds. The molecule has 0 aliphatic heterocycles. The molecule has 356 valence electrons. The van der Waals surface area contributed by atoms with Gasteiger partial charge in [-0.25, -0.2) is 0 Å². The van der Waals surface area contributed by atoms with Crippen molar-refractivity contribution in [1.82, 2.24) is 5.32 Å². The van der Waals surface area contributed by atoms with E-state index in [9.17, 15) is 19.8 Å². The van der Waals surface area contributed by atoms with E-state index in [1.807, 2.05) is 0 Å². The Labute approximate surface area is 378 Å². The lowest BCUT2D eigenvalue weighted by atomic mass is 10.0. The van der Waals surface area contributed by atoms with Crippen LogP contribution >= 0.6 is 0 Å². The number of allylic oxidation sites excluding steroid dienone is 8. The molecule has 0 aromatic heterocycles. The van der Waals surface area contributed by atoms with Gasteiger partial charge >= 0.3 is 5.97 Å². The van der Waals surface area contributed by atoms with Gasteiger partial charge in [0.05, 0.1) is 25.2 Å². The number of amides is 1. The van der Waals surface area contributed by atoms with Crippen LogP contribution in [0.25, 0.3) is 0 Å². The van der Waals surface area contributed by atoms with E-state index in [0.29, 0.717) is 19.3 Å². The van der Waals surface area contributed by atoms with Crippen molar-refractivity contribution in [2.24, 2.45) is 0 Å². The van der Waals surface area contributed by atoms with Crippen LogP contribution in [0.15, 0.2) is 48.6 Å². The van der Waals surface area contributed by atoms with Crippen LogP contribution in [0.4, 0.5) is 0 Å². The maximum absolute atomic E-state index is 13.2. The van der Waals surface area contributed by atoms with E-state index in [0.717, 1.165) is 83.5 Å². The molecule has 0 saturated heterocycles. The van der Waals surface area contributed by atoms with Crippen LogP contribution in [0.1, 0.15) is 265 Å². The van der Waals surface area contributed by atoms with Crippen molar-refractivity contribution in [2.75, 3.05) is 6.61 Å². The van der Waals surface area contributed by atoms with Gasteiger partial charge in [-0.05, 0) is 64.2 Å². The third-order valence-corrected chi connectivity index (χ3v) is 11.9. The first-order valence-corrected chi connectivity index (χ1v) is 26.4. The maximum atomic E-state index is 13.2. The minimum absolute atomic E-state index is 0.0673. The Morgan fingerprint density at radius 2 is 0.885 bits per heavy atom. The van der Waals surface area contributed by atoms with Gasteiger partial charge in [0.25, 0.3) is 0 Å². The lowest BCUT2D eigenvalue weighted by molar-refractivity contribution is -0.151. The summed E-state index contributed by atoms with van der Waals surface area (Å²) in [5.74, 6) is -0.501. The Hall–Kier alpha value is -2.18. The fraction of sp³-hybridized carbons (Fsp3) is 0.818. The Bertz CT molecular complexity index is 1050. The molecule has 0 spiro atoms. The van der Waals surface area contributed by atoms with Gasteiger partial charge in [0.2, 0.25) is 5.91 Å². The molecule has 0 aliphatic rings. The topological polar surface area (TPSA) is 95.9 Å². The number of carbonyl (C=O) groups is 2. The van der Waals surface area contributed by atoms with Crippen LogP contribution in [0.5, 0.6) is 0 Å². The summed E-state index contributed by atoms with van der Waals surface area (Å²) in [6.07, 6.45) is 58.8. The molecule has 0 bridgehead atoms. The monoisotopic (exact) mass is 856 g/mol. The Morgan fingerprint density at radius 1 is 0.492 bits per heavy atom. The Morgan fingerprint density at radius 3 is 1.33 bits per heavy atom. The van der Waals surface area contributed by atoms with Crippen LogP contribution in [0.3, 0.4) is 0 Å². The molecule has 0 aromatic carbocycles. The van der Waals surface area contributed by atoms with Crippen LogP contribution in [-0.4, -0.2) is 46.9 Å². The molecule has 0 aromatic rings. The van der Waals surface area contributed by atoms with Crippen molar-refractivity contribution >= 4 is 11.9 Å². The molecule has 6 nitrogen and oxygen atoms in total. The standard InChI is InChI=1S/C55H101NO5/c1-4-7-10-13-16-19-22-25-27-28-30-33-36-39-42-45-48-55(60)61-51(46-43-40-37-34-31-29-26-23-20-17-14-11-8-5-2)49-54(59)56-52(50-57)53(58)47-44-41-38-35-32-24-21-18-15-12-9-6-3/h7,10,16,19,25,27,30,33,51-53,57-58H,4-6,8-9,11-15,17-18,20-24,26,28-29,31-32,34-50H2,1-3H3,(H,56,59)/b10-7+,19-16+,27-25+,33-30+. The number of unbranched alkanes of at least 4 members (excludes halogenated alkanes) is 27. The van der Waals surface area contributed by atoms with E-state index in [4.69, 9.17) is 4.74 Å². The minimum atomic E-state index is -0.791. The van der Waals surface area contributed by atoms with E-state index in [1.54, 1.807) is 0 Å². The highest BCUT2D eigenvalue weighted by atomic mass is 16.5. The van der Waals surface area contributed by atoms with Gasteiger partial charge in [-0.1, -0.05) is 236 Å². The fourth-order valence-electron chi connectivity index (χ4n) is 7.95. The first-order chi connectivity index (χ1) is 30.0. The lowest BCUT2D eigenvalue weighted by Crippen LogP contribution is -2.46. The highest BCUT2D eigenvalue weighted by molar-refractivity contribution is 5.77. The van der Waals surface area contributed by atoms with Crippen molar-refractivity contribution in [3.63, 3.8) is 0 Å². The highest BCUT2D eigenvalue weighted by Crippen LogP contribution is 2.18. The zero-order valence-corrected chi connectivity index (χ0v) is 40.5. The van der Waals surface area contributed by atoms with Crippen molar-refractivity contribution in [3.8, 4) is 0 Å². The largest absolute Gasteiger partial charge is 0.462 e. The van der Waals surface area contributed by atoms with E-state index >= 15 is 0 Å². The van der Waals surface area contributed by atoms with Crippen LogP contribution < -0.4 is 5.32 Å². The molecule has 61 heavy (non-hydrogen) atoms. The molecule has 6 heteroatoms. The van der Waals surface area contributed by atoms with E-state index < -0.39 is 18.2 Å². The van der Waals surface area contributed by atoms with Crippen LogP contribution in [-0.2, 0) is 14.3 Å². The zero-order valence-electron chi connectivity index (χ0n) is 40.5. The molecule has 0 fully saturated rings. The van der Waals surface area contributed by atoms with Crippen molar-refractivity contribution in [1.29, 1.82) is 0 Å². The molecule has 0 saturated carbocycles. The predicted molar refractivity (Wildman–Crippen MR) is 264 cm³/mol. The second-order valence-corrected chi connectivity index (χ2v) is 17.9. The summed E-state index contributed by atoms with van der Waals surface area (Å²) in [5.41, 5.74) is 0. The first-order valence-electron chi connectivity index (χ1n) is 26.4. The molecule has 3 unspecified atom stereocenters. The summed E-state index contributed by atoms with van der Waals surface area (Å²) in [6, 6.07) is -0.706. The zero-order chi connectivity index (χ0) is 44.5. The fourth-order valence-corrected chi connectivity index (χ4v) is 7.95. The number of esters is 1. The molecule has 3 N–H and O–H groups in total. The van der Waals surface area contributed by atoms with Gasteiger partial charge in [0.15, 0.2) is 0 Å². The van der Waals surface area contributed by atoms with E-state index in [1.165, 1.54) is 135 Å². The van der Waals surface area contributed by atoms with Gasteiger partial charge in [0, 0.05) is 6.42 Å². The second-order valence-electron chi connectivity index (χ2n) is 17.9. The summed E-state index contributed by atoms with van der Waals surface area (Å²) in [6.45, 7) is 6.37. The highest BCUT2D eigenvalue weighted by Gasteiger charge is 2.24. The van der Waals surface area contributed by atoms with Crippen LogP contribution in [0.2, 0.25) is 0 Å². The quantitative estimate of drug-likeness (QED) is 0.0322. The van der Waals surface area contributed by atoms with Gasteiger partial charge in [0.1, 0.15) is 6.10 Å². The average Bonchev–Trinajstić information content (AvgIpc) is 3.25. The summed E-state index contributed by atoms with van der Waals surface area (Å²) in [7, 11) is 0. The molecule has 0 heterocycles. The predicted octanol–water partition coefficient (Wildman–Crippen LogP) is 15.8. The second kappa shape index (κ2) is 48.8. The molecular weight excluding hydrogens is 755 g/mol. The number of rotatable bonds is 47. The van der Waals surface area contributed by atoms with E-state index in [-0.39, 0.29) is 24.9 Å². The number of aliphatic hydroxyl groups excluding tert-OH is 2. The van der Waals surface area contributed by atoms with Crippen LogP contribution in [0, 0.1) is 0 Å². The maximum Gasteiger partial charge on any atom is 0.306 e. The Kier molecular flexibility index (Phi) is 47.1. The normalized spacial score (nSPS) is 13.6. The number of aliphatic hydroxyl groups is 2. The third kappa shape index (κ3) is 44.2. The molecule has 0 aliphatic carbocycles. The number of ether oxygens (including phenoxy) is 1.